The molecule has 0 radical (unpaired) electrons. The van der Waals surface area contributed by atoms with Crippen LogP contribution in [0.15, 0.2) is 77.8 Å². The minimum atomic E-state index is -0.336. The number of nitrogens with one attached hydrogen (secondary N) is 1. The number of fused-ring (bicyclic) bond motifs is 1. The molecular weight excluding hydrogens is 402 g/mol. The molecule has 0 bridgehead atoms. The number of amides is 2. The van der Waals surface area contributed by atoms with E-state index in [-0.39, 0.29) is 24.1 Å². The molecule has 0 aliphatic carbocycles. The molecular formula is C23H18ClN3O3. The van der Waals surface area contributed by atoms with Crippen molar-refractivity contribution in [3.8, 4) is 5.75 Å². The van der Waals surface area contributed by atoms with E-state index in [1.807, 2.05) is 18.2 Å². The molecule has 0 aromatic heterocycles. The van der Waals surface area contributed by atoms with Gasteiger partial charge in [-0.15, -0.1) is 0 Å². The highest BCUT2D eigenvalue weighted by molar-refractivity contribution is 6.55. The van der Waals surface area contributed by atoms with Gasteiger partial charge in [-0.1, -0.05) is 41.9 Å². The number of nitrogens with zero attached hydrogens (tertiary/aromatic N) is 2. The Kier molecular flexibility index (Phi) is 5.50. The Balaban J connectivity index is 1.59. The molecule has 0 saturated carbocycles. The highest BCUT2D eigenvalue weighted by Crippen LogP contribution is 2.31. The third-order valence-corrected chi connectivity index (χ3v) is 4.84. The summed E-state index contributed by atoms with van der Waals surface area (Å²) in [5, 5.41) is 3.33. The first-order chi connectivity index (χ1) is 14.5. The summed E-state index contributed by atoms with van der Waals surface area (Å²) < 4.78 is 5.17. The molecule has 1 N–H and O–H groups in total. The Bertz CT molecular complexity index is 1160. The van der Waals surface area contributed by atoms with Gasteiger partial charge in [0.15, 0.2) is 0 Å². The molecule has 0 fully saturated rings. The molecule has 0 atom stereocenters. The van der Waals surface area contributed by atoms with E-state index >= 15 is 0 Å². The second-order valence-electron chi connectivity index (χ2n) is 6.63. The van der Waals surface area contributed by atoms with Crippen molar-refractivity contribution in [3.05, 3.63) is 83.4 Å². The normalized spacial score (nSPS) is 14.0. The third kappa shape index (κ3) is 4.04. The summed E-state index contributed by atoms with van der Waals surface area (Å²) in [5.41, 5.74) is 2.76. The van der Waals surface area contributed by atoms with Crippen LogP contribution in [0.2, 0.25) is 5.02 Å². The number of benzene rings is 3. The molecule has 4 rings (SSSR count). The summed E-state index contributed by atoms with van der Waals surface area (Å²) in [4.78, 5) is 31.7. The largest absolute Gasteiger partial charge is 0.497 e. The lowest BCUT2D eigenvalue weighted by atomic mass is 10.1. The van der Waals surface area contributed by atoms with Crippen LogP contribution < -0.4 is 15.0 Å². The lowest BCUT2D eigenvalue weighted by Crippen LogP contribution is -2.37. The zero-order chi connectivity index (χ0) is 21.1. The highest BCUT2D eigenvalue weighted by atomic mass is 35.5. The topological polar surface area (TPSA) is 71.0 Å². The molecule has 7 heteroatoms. The van der Waals surface area contributed by atoms with E-state index in [0.717, 1.165) is 0 Å². The van der Waals surface area contributed by atoms with Crippen LogP contribution in [0.5, 0.6) is 5.75 Å². The lowest BCUT2D eigenvalue weighted by molar-refractivity contribution is -0.118. The van der Waals surface area contributed by atoms with Gasteiger partial charge >= 0.3 is 0 Å². The second kappa shape index (κ2) is 8.39. The average molecular weight is 420 g/mol. The van der Waals surface area contributed by atoms with Crippen LogP contribution in [0.1, 0.15) is 5.56 Å². The highest BCUT2D eigenvalue weighted by Gasteiger charge is 2.34. The zero-order valence-corrected chi connectivity index (χ0v) is 16.9. The zero-order valence-electron chi connectivity index (χ0n) is 16.1. The van der Waals surface area contributed by atoms with Gasteiger partial charge in [0, 0.05) is 22.3 Å². The van der Waals surface area contributed by atoms with E-state index in [0.29, 0.717) is 33.4 Å². The SMILES string of the molecule is COc1cccc(NC(=O)CN2C(=O)C(=Nc3cccc(Cl)c3)c3ccccc32)c1. The van der Waals surface area contributed by atoms with Gasteiger partial charge in [-0.25, -0.2) is 4.99 Å². The number of carbonyl (C=O) groups is 2. The van der Waals surface area contributed by atoms with Gasteiger partial charge in [-0.05, 0) is 36.4 Å². The molecule has 0 spiro atoms. The number of methoxy groups -OCH3 is 1. The monoisotopic (exact) mass is 419 g/mol. The predicted octanol–water partition coefficient (Wildman–Crippen LogP) is 4.45. The minimum Gasteiger partial charge on any atom is -0.497 e. The van der Waals surface area contributed by atoms with Gasteiger partial charge in [-0.2, -0.15) is 0 Å². The van der Waals surface area contributed by atoms with Crippen molar-refractivity contribution in [1.29, 1.82) is 0 Å². The predicted molar refractivity (Wildman–Crippen MR) is 118 cm³/mol. The molecule has 1 aliphatic heterocycles. The van der Waals surface area contributed by atoms with Crippen LogP contribution in [0.4, 0.5) is 17.1 Å². The van der Waals surface area contributed by atoms with Crippen LogP contribution in [0.25, 0.3) is 0 Å². The number of rotatable bonds is 5. The Morgan fingerprint density at radius 1 is 1.07 bits per heavy atom. The van der Waals surface area contributed by atoms with Crippen molar-refractivity contribution in [2.45, 2.75) is 0 Å². The number of para-hydroxylation sites is 1. The molecule has 2 amide bonds. The van der Waals surface area contributed by atoms with E-state index < -0.39 is 0 Å². The maximum atomic E-state index is 13.1. The Hall–Kier alpha value is -3.64. The summed E-state index contributed by atoms with van der Waals surface area (Å²) >= 11 is 6.04. The van der Waals surface area contributed by atoms with E-state index in [9.17, 15) is 9.59 Å². The first-order valence-corrected chi connectivity index (χ1v) is 9.62. The summed E-state index contributed by atoms with van der Waals surface area (Å²) in [7, 11) is 1.56. The smallest absolute Gasteiger partial charge is 0.278 e. The minimum absolute atomic E-state index is 0.137. The number of hydrogen-bond donors (Lipinski definition) is 1. The quantitative estimate of drug-likeness (QED) is 0.664. The lowest BCUT2D eigenvalue weighted by Gasteiger charge is -2.16. The maximum absolute atomic E-state index is 13.1. The van der Waals surface area contributed by atoms with Crippen LogP contribution in [-0.4, -0.2) is 31.2 Å². The van der Waals surface area contributed by atoms with E-state index in [1.165, 1.54) is 4.90 Å². The fourth-order valence-corrected chi connectivity index (χ4v) is 3.43. The van der Waals surface area contributed by atoms with Crippen LogP contribution in [-0.2, 0) is 9.59 Å². The molecule has 1 heterocycles. The summed E-state index contributed by atoms with van der Waals surface area (Å²) in [6, 6.07) is 21.3. The number of ether oxygens (including phenoxy) is 1. The van der Waals surface area contributed by atoms with Crippen molar-refractivity contribution < 1.29 is 14.3 Å². The van der Waals surface area contributed by atoms with Crippen LogP contribution in [0.3, 0.4) is 0 Å². The van der Waals surface area contributed by atoms with E-state index in [4.69, 9.17) is 16.3 Å². The van der Waals surface area contributed by atoms with Crippen LogP contribution in [0, 0.1) is 0 Å². The van der Waals surface area contributed by atoms with Crippen molar-refractivity contribution in [2.24, 2.45) is 4.99 Å². The van der Waals surface area contributed by atoms with Gasteiger partial charge in [0.2, 0.25) is 5.91 Å². The molecule has 1 aliphatic rings. The molecule has 150 valence electrons. The number of anilines is 2. The second-order valence-corrected chi connectivity index (χ2v) is 7.07. The maximum Gasteiger partial charge on any atom is 0.278 e. The third-order valence-electron chi connectivity index (χ3n) is 4.60. The Morgan fingerprint density at radius 2 is 1.87 bits per heavy atom. The van der Waals surface area contributed by atoms with Crippen molar-refractivity contribution in [3.63, 3.8) is 0 Å². The van der Waals surface area contributed by atoms with Gasteiger partial charge in [0.1, 0.15) is 18.0 Å². The molecule has 0 saturated heterocycles. The average Bonchev–Trinajstić information content (AvgIpc) is 3.00. The molecule has 0 unspecified atom stereocenters. The van der Waals surface area contributed by atoms with Crippen LogP contribution >= 0.6 is 11.6 Å². The molecule has 30 heavy (non-hydrogen) atoms. The number of aliphatic imine (C=N–C) groups is 1. The molecule has 3 aromatic rings. The molecule has 6 nitrogen and oxygen atoms in total. The van der Waals surface area contributed by atoms with Crippen molar-refractivity contribution >= 4 is 46.2 Å². The fraction of sp³-hybridized carbons (Fsp3) is 0.0870. The van der Waals surface area contributed by atoms with Crippen molar-refractivity contribution in [2.75, 3.05) is 23.9 Å². The summed E-state index contributed by atoms with van der Waals surface area (Å²) in [5.74, 6) is -0.0290. The van der Waals surface area contributed by atoms with Gasteiger partial charge in [0.05, 0.1) is 18.5 Å². The summed E-state index contributed by atoms with van der Waals surface area (Å²) in [6.07, 6.45) is 0. The van der Waals surface area contributed by atoms with Gasteiger partial charge in [0.25, 0.3) is 5.91 Å². The number of hydrogen-bond acceptors (Lipinski definition) is 4. The Labute approximate surface area is 178 Å². The van der Waals surface area contributed by atoms with Gasteiger partial charge in [-0.3, -0.25) is 14.5 Å². The molecule has 3 aromatic carbocycles. The van der Waals surface area contributed by atoms with E-state index in [2.05, 4.69) is 10.3 Å². The standard InChI is InChI=1S/C23H18ClN3O3/c1-30-18-9-5-8-17(13-18)25-21(28)14-27-20-11-3-2-10-19(20)22(23(27)29)26-16-7-4-6-15(24)12-16/h2-13H,14H2,1H3,(H,25,28). The van der Waals surface area contributed by atoms with Crippen molar-refractivity contribution in [1.82, 2.24) is 0 Å². The van der Waals surface area contributed by atoms with E-state index in [1.54, 1.807) is 61.7 Å². The fourth-order valence-electron chi connectivity index (χ4n) is 3.25. The number of carbonyl (C=O) groups excluding carboxylic acids is 2. The number of halogens is 1. The van der Waals surface area contributed by atoms with Gasteiger partial charge < -0.3 is 10.1 Å². The first kappa shape index (κ1) is 19.7. The summed E-state index contributed by atoms with van der Waals surface area (Å²) in [6.45, 7) is -0.137. The first-order valence-electron chi connectivity index (χ1n) is 9.24. The Morgan fingerprint density at radius 3 is 2.67 bits per heavy atom.